The molecule has 1 N–H and O–H groups in total. The van der Waals surface area contributed by atoms with E-state index in [9.17, 15) is 14.9 Å². The molecule has 1 aromatic heterocycles. The zero-order valence-electron chi connectivity index (χ0n) is 17.9. The number of hydrogen-bond acceptors (Lipinski definition) is 7. The maximum absolute atomic E-state index is 12.9. The van der Waals surface area contributed by atoms with Crippen molar-refractivity contribution in [3.63, 3.8) is 0 Å². The Kier molecular flexibility index (Phi) is 5.99. The normalized spacial score (nSPS) is 13.7. The van der Waals surface area contributed by atoms with Gasteiger partial charge in [-0.2, -0.15) is 0 Å². The van der Waals surface area contributed by atoms with Gasteiger partial charge in [-0.1, -0.05) is 15.9 Å². The van der Waals surface area contributed by atoms with Crippen molar-refractivity contribution < 1.29 is 18.9 Å². The van der Waals surface area contributed by atoms with Crippen LogP contribution < -0.4 is 10.2 Å². The van der Waals surface area contributed by atoms with Crippen LogP contribution in [-0.4, -0.2) is 42.1 Å². The molecule has 0 atom stereocenters. The Balaban J connectivity index is 1.38. The molecule has 1 amide bonds. The molecule has 9 nitrogen and oxygen atoms in total. The zero-order valence-corrected chi connectivity index (χ0v) is 19.4. The van der Waals surface area contributed by atoms with Gasteiger partial charge in [-0.15, -0.1) is 0 Å². The first-order chi connectivity index (χ1) is 16.5. The Hall–Kier alpha value is -3.76. The van der Waals surface area contributed by atoms with E-state index in [1.54, 1.807) is 30.3 Å². The van der Waals surface area contributed by atoms with Gasteiger partial charge in [0.25, 0.3) is 11.6 Å². The smallest absolute Gasteiger partial charge is 0.293 e. The molecular weight excluding hydrogens is 504 g/mol. The van der Waals surface area contributed by atoms with E-state index in [4.69, 9.17) is 9.15 Å². The lowest BCUT2D eigenvalue weighted by Crippen LogP contribution is -2.36. The van der Waals surface area contributed by atoms with E-state index in [-0.39, 0.29) is 11.3 Å². The molecule has 0 radical (unpaired) electrons. The number of halogens is 1. The van der Waals surface area contributed by atoms with E-state index in [2.05, 4.69) is 26.2 Å². The fourth-order valence-electron chi connectivity index (χ4n) is 3.81. The highest BCUT2D eigenvalue weighted by Gasteiger charge is 2.23. The van der Waals surface area contributed by atoms with Crippen LogP contribution in [0.4, 0.5) is 17.1 Å². The molecule has 5 rings (SSSR count). The molecule has 0 saturated carbocycles. The lowest BCUT2D eigenvalue weighted by Gasteiger charge is -2.28. The molecule has 1 aliphatic rings. The third-order valence-electron chi connectivity index (χ3n) is 5.52. The quantitative estimate of drug-likeness (QED) is 0.281. The van der Waals surface area contributed by atoms with Gasteiger partial charge in [-0.25, -0.2) is 4.98 Å². The number of nitro groups is 1. The predicted molar refractivity (Wildman–Crippen MR) is 131 cm³/mol. The van der Waals surface area contributed by atoms with Crippen LogP contribution in [-0.2, 0) is 4.74 Å². The molecule has 4 aromatic rings. The van der Waals surface area contributed by atoms with E-state index in [1.807, 2.05) is 29.2 Å². The largest absolute Gasteiger partial charge is 0.436 e. The number of hydrogen-bond donors (Lipinski definition) is 1. The van der Waals surface area contributed by atoms with Crippen molar-refractivity contribution in [3.05, 3.63) is 80.8 Å². The number of nitro benzene ring substituents is 1. The van der Waals surface area contributed by atoms with Crippen molar-refractivity contribution in [3.8, 4) is 11.5 Å². The fraction of sp³-hybridized carbons (Fsp3) is 0.167. The van der Waals surface area contributed by atoms with Crippen LogP contribution >= 0.6 is 15.9 Å². The second kappa shape index (κ2) is 9.24. The van der Waals surface area contributed by atoms with Gasteiger partial charge in [-0.05, 0) is 54.6 Å². The van der Waals surface area contributed by atoms with E-state index < -0.39 is 10.8 Å². The van der Waals surface area contributed by atoms with E-state index in [0.29, 0.717) is 54.7 Å². The molecule has 1 saturated heterocycles. The van der Waals surface area contributed by atoms with Gasteiger partial charge in [0.05, 0.1) is 18.1 Å². The number of nitrogens with zero attached hydrogens (tertiary/aromatic N) is 3. The van der Waals surface area contributed by atoms with Gasteiger partial charge < -0.3 is 19.4 Å². The van der Waals surface area contributed by atoms with Crippen molar-refractivity contribution in [2.24, 2.45) is 0 Å². The van der Waals surface area contributed by atoms with Crippen LogP contribution in [0.1, 0.15) is 10.4 Å². The van der Waals surface area contributed by atoms with Gasteiger partial charge in [0, 0.05) is 40.4 Å². The maximum Gasteiger partial charge on any atom is 0.293 e. The first-order valence-corrected chi connectivity index (χ1v) is 11.4. The van der Waals surface area contributed by atoms with Crippen LogP contribution in [0.25, 0.3) is 22.6 Å². The van der Waals surface area contributed by atoms with Crippen molar-refractivity contribution in [2.45, 2.75) is 0 Å². The first kappa shape index (κ1) is 22.1. The Bertz CT molecular complexity index is 1380. The summed E-state index contributed by atoms with van der Waals surface area (Å²) in [5, 5.41) is 14.5. The van der Waals surface area contributed by atoms with Crippen molar-refractivity contribution >= 4 is 50.0 Å². The van der Waals surface area contributed by atoms with Crippen molar-refractivity contribution in [1.29, 1.82) is 0 Å². The summed E-state index contributed by atoms with van der Waals surface area (Å²) in [4.78, 5) is 30.5. The molecule has 0 aliphatic carbocycles. The minimum absolute atomic E-state index is 0.111. The SMILES string of the molecule is O=C(Nc1ccc2oc(-c3ccc(Br)cc3)nc2c1)c1ccc(N2CCOCC2)c([N+](=O)[O-])c1. The van der Waals surface area contributed by atoms with Gasteiger partial charge in [-0.3, -0.25) is 14.9 Å². The summed E-state index contributed by atoms with van der Waals surface area (Å²) in [6, 6.07) is 17.2. The van der Waals surface area contributed by atoms with Crippen LogP contribution in [0.3, 0.4) is 0 Å². The highest BCUT2D eigenvalue weighted by Crippen LogP contribution is 2.31. The molecule has 10 heteroatoms. The number of nitrogens with one attached hydrogen (secondary N) is 1. The third kappa shape index (κ3) is 4.50. The number of anilines is 2. The molecule has 34 heavy (non-hydrogen) atoms. The third-order valence-corrected chi connectivity index (χ3v) is 6.05. The number of rotatable bonds is 5. The molecule has 0 spiro atoms. The predicted octanol–water partition coefficient (Wildman–Crippen LogP) is 5.25. The van der Waals surface area contributed by atoms with E-state index in [0.717, 1.165) is 10.0 Å². The summed E-state index contributed by atoms with van der Waals surface area (Å²) >= 11 is 3.40. The molecule has 0 bridgehead atoms. The summed E-state index contributed by atoms with van der Waals surface area (Å²) in [5.74, 6) is 0.0212. The summed E-state index contributed by atoms with van der Waals surface area (Å²) in [5.41, 5.74) is 3.07. The number of amides is 1. The summed E-state index contributed by atoms with van der Waals surface area (Å²) in [6.45, 7) is 2.14. The minimum Gasteiger partial charge on any atom is -0.436 e. The molecule has 1 fully saturated rings. The standard InChI is InChI=1S/C24H19BrN4O5/c25-17-4-1-15(2-5-17)24-27-19-14-18(6-8-22(19)34-24)26-23(30)16-3-7-20(21(13-16)29(31)32)28-9-11-33-12-10-28/h1-8,13-14H,9-12H2,(H,26,30). The number of oxazole rings is 1. The van der Waals surface area contributed by atoms with Crippen molar-refractivity contribution in [2.75, 3.05) is 36.5 Å². The first-order valence-electron chi connectivity index (χ1n) is 10.6. The lowest BCUT2D eigenvalue weighted by atomic mass is 10.1. The van der Waals surface area contributed by atoms with Crippen LogP contribution in [0.2, 0.25) is 0 Å². The second-order valence-electron chi connectivity index (χ2n) is 7.72. The molecular formula is C24H19BrN4O5. The monoisotopic (exact) mass is 522 g/mol. The number of morpholine rings is 1. The molecule has 1 aliphatic heterocycles. The number of carbonyl (C=O) groups excluding carboxylic acids is 1. The summed E-state index contributed by atoms with van der Waals surface area (Å²) in [7, 11) is 0. The van der Waals surface area contributed by atoms with Gasteiger partial charge >= 0.3 is 0 Å². The number of fused-ring (bicyclic) bond motifs is 1. The van der Waals surface area contributed by atoms with Crippen molar-refractivity contribution in [1.82, 2.24) is 4.98 Å². The Labute approximate surface area is 202 Å². The number of carbonyl (C=O) groups is 1. The van der Waals surface area contributed by atoms with Crippen LogP contribution in [0.5, 0.6) is 0 Å². The topological polar surface area (TPSA) is 111 Å². The molecule has 0 unspecified atom stereocenters. The highest BCUT2D eigenvalue weighted by atomic mass is 79.9. The maximum atomic E-state index is 12.9. The lowest BCUT2D eigenvalue weighted by molar-refractivity contribution is -0.384. The van der Waals surface area contributed by atoms with Crippen LogP contribution in [0, 0.1) is 10.1 Å². The summed E-state index contributed by atoms with van der Waals surface area (Å²) in [6.07, 6.45) is 0. The zero-order chi connectivity index (χ0) is 23.7. The number of aromatic nitrogens is 1. The van der Waals surface area contributed by atoms with Gasteiger partial charge in [0.15, 0.2) is 5.58 Å². The average molecular weight is 523 g/mol. The van der Waals surface area contributed by atoms with E-state index >= 15 is 0 Å². The van der Waals surface area contributed by atoms with Gasteiger partial charge in [0.1, 0.15) is 11.2 Å². The Morgan fingerprint density at radius 3 is 2.56 bits per heavy atom. The van der Waals surface area contributed by atoms with E-state index in [1.165, 1.54) is 6.07 Å². The second-order valence-corrected chi connectivity index (χ2v) is 8.64. The summed E-state index contributed by atoms with van der Waals surface area (Å²) < 4.78 is 12.1. The Morgan fingerprint density at radius 1 is 1.06 bits per heavy atom. The molecule has 2 heterocycles. The fourth-order valence-corrected chi connectivity index (χ4v) is 4.07. The number of benzene rings is 3. The molecule has 3 aromatic carbocycles. The molecule has 172 valence electrons. The minimum atomic E-state index is -0.466. The number of ether oxygens (including phenoxy) is 1. The average Bonchev–Trinajstić information content (AvgIpc) is 3.28. The highest BCUT2D eigenvalue weighted by molar-refractivity contribution is 9.10. The Morgan fingerprint density at radius 2 is 1.82 bits per heavy atom. The van der Waals surface area contributed by atoms with Gasteiger partial charge in [0.2, 0.25) is 5.89 Å². The van der Waals surface area contributed by atoms with Crippen LogP contribution in [0.15, 0.2) is 69.6 Å².